The topological polar surface area (TPSA) is 229 Å². The Morgan fingerprint density at radius 1 is 0.552 bits per heavy atom. The van der Waals surface area contributed by atoms with Gasteiger partial charge in [-0.2, -0.15) is 15.3 Å². The number of anilines is 4. The molecule has 6 atom stereocenters. The number of hydrogen-bond donors (Lipinski definition) is 3. The van der Waals surface area contributed by atoms with Crippen LogP contribution in [-0.4, -0.2) is 175 Å². The molecule has 3 aromatic carbocycles. The number of carbonyl (C=O) groups excluding carboxylic acids is 4. The molecule has 5 amide bonds. The van der Waals surface area contributed by atoms with Gasteiger partial charge >= 0.3 is 24.3 Å². The van der Waals surface area contributed by atoms with Crippen LogP contribution in [0.25, 0.3) is 0 Å². The Labute approximate surface area is 587 Å². The quantitative estimate of drug-likeness (QED) is 0.136. The van der Waals surface area contributed by atoms with Crippen molar-refractivity contribution >= 4 is 105 Å². The second-order valence-electron chi connectivity index (χ2n) is 26.6. The Hall–Kier alpha value is -6.73. The highest BCUT2D eigenvalue weighted by Crippen LogP contribution is 2.36. The molecule has 12 heterocycles. The minimum atomic E-state index is -0.663. The lowest BCUT2D eigenvalue weighted by Gasteiger charge is -2.35. The number of nitrogens with zero attached hydrogens (tertiary/aromatic N) is 11. The predicted molar refractivity (Wildman–Crippen MR) is 369 cm³/mol. The first-order valence-corrected chi connectivity index (χ1v) is 34.2. The van der Waals surface area contributed by atoms with E-state index in [-0.39, 0.29) is 40.7 Å². The first kappa shape index (κ1) is 72.0. The second-order valence-corrected chi connectivity index (χ2v) is 28.6. The van der Waals surface area contributed by atoms with Gasteiger partial charge in [-0.05, 0) is 151 Å². The van der Waals surface area contributed by atoms with E-state index in [0.29, 0.717) is 106 Å². The van der Waals surface area contributed by atoms with E-state index in [1.54, 1.807) is 39.0 Å². The molecule has 24 nitrogen and oxygen atoms in total. The van der Waals surface area contributed by atoms with Crippen LogP contribution in [0.4, 0.5) is 50.7 Å². The average Bonchev–Trinajstić information content (AvgIpc) is 1.64. The van der Waals surface area contributed by atoms with E-state index in [4.69, 9.17) is 51.6 Å². The fourth-order valence-electron chi connectivity index (χ4n) is 12.5. The molecule has 6 saturated heterocycles. The molecule has 6 fully saturated rings. The maximum Gasteiger partial charge on any atom is 0.417 e. The van der Waals surface area contributed by atoms with Crippen molar-refractivity contribution in [3.05, 3.63) is 128 Å². The molecule has 3 aromatic heterocycles. The third-order valence-electron chi connectivity index (χ3n) is 17.1. The summed E-state index contributed by atoms with van der Waals surface area (Å²) in [6, 6.07) is 16.4. The van der Waals surface area contributed by atoms with Crippen LogP contribution in [0.2, 0.25) is 10.0 Å². The van der Waals surface area contributed by atoms with E-state index in [2.05, 4.69) is 63.6 Å². The third kappa shape index (κ3) is 19.1. The van der Waals surface area contributed by atoms with Crippen LogP contribution in [0, 0.1) is 15.2 Å². The van der Waals surface area contributed by atoms with Gasteiger partial charge in [-0.3, -0.25) is 19.4 Å². The molecule has 9 aliphatic heterocycles. The van der Waals surface area contributed by atoms with Gasteiger partial charge < -0.3 is 63.6 Å². The molecule has 6 unspecified atom stereocenters. The smallest absolute Gasteiger partial charge is 0.417 e. The lowest BCUT2D eigenvalue weighted by molar-refractivity contribution is 0.0182. The summed E-state index contributed by atoms with van der Waals surface area (Å²) in [5, 5.41) is 21.8. The Kier molecular flexibility index (Phi) is 23.9. The molecule has 15 rings (SSSR count). The van der Waals surface area contributed by atoms with Gasteiger partial charge in [0.15, 0.2) is 0 Å². The Morgan fingerprint density at radius 2 is 0.958 bits per heavy atom. The SMILES string of the molecule is C1CC2CNCC1O2.CC(C)(C)OC(=O)N1CCn2ncc(I)c2C1.CC(C)(C)OC(=O)N1CCn2ncc(N3CC4CCC(C3)O4)c2C1.Cl.O=C(Nc1ccc(F)c(Cl)c1)N1CCn2ncc(N3CC4CCC(C3)O4)c2C1.O=C(Nc1ccc(F)c(Cl)c1)Oc1ccccc1. The standard InChI is InChI=1S/C19H21ClFN5O2.C17H26N4O3.C13H9ClFNO2.C11H16IN3O2.C6H11NO.ClH/c20-15-7-12(1-4-16(15)21)23-19(27)24-5-6-26-18(11-24)17(8-22-26)25-9-13-2-3-14(10-25)28-13;1-17(2,3)24-16(22)19-6-7-21-15(11-19)14(8-18-21)20-9-12-4-5-13(10-20)23-12;14-11-8-9(6-7-12(11)15)16-13(17)18-10-4-2-1-3-5-10;1-11(2,3)17-10(16)14-4-5-15-9(7-14)8(12)6-13-15;1-2-6-4-7-3-5(1)8-6;/h1,4,7-8,13-14H,2-3,5-6,9-11H2,(H,23,27);8,12-13H,4-7,9-11H2,1-3H3;1-8H,(H,16,17);6H,4-5,7H2,1-3H3;5-7H,1-4H2;1H. The summed E-state index contributed by atoms with van der Waals surface area (Å²) >= 11 is 13.6. The van der Waals surface area contributed by atoms with Gasteiger partial charge in [-0.25, -0.2) is 28.0 Å². The molecule has 520 valence electrons. The molecule has 0 spiro atoms. The van der Waals surface area contributed by atoms with Gasteiger partial charge in [0.25, 0.3) is 0 Å². The largest absolute Gasteiger partial charge is 0.444 e. The van der Waals surface area contributed by atoms with E-state index < -0.39 is 28.9 Å². The summed E-state index contributed by atoms with van der Waals surface area (Å²) in [5.41, 5.74) is 5.38. The lowest BCUT2D eigenvalue weighted by Crippen LogP contribution is -2.45. The molecule has 9 aliphatic rings. The summed E-state index contributed by atoms with van der Waals surface area (Å²) in [7, 11) is 0. The van der Waals surface area contributed by atoms with Gasteiger partial charge in [0.1, 0.15) is 28.6 Å². The van der Waals surface area contributed by atoms with Crippen molar-refractivity contribution in [2.45, 2.75) is 167 Å². The fourth-order valence-corrected chi connectivity index (χ4v) is 13.5. The molecule has 96 heavy (non-hydrogen) atoms. The van der Waals surface area contributed by atoms with Crippen LogP contribution >= 0.6 is 58.2 Å². The zero-order valence-electron chi connectivity index (χ0n) is 54.7. The van der Waals surface area contributed by atoms with Crippen molar-refractivity contribution in [2.24, 2.45) is 0 Å². The van der Waals surface area contributed by atoms with Gasteiger partial charge in [-0.1, -0.05) is 41.4 Å². The number of para-hydroxylation sites is 1. The summed E-state index contributed by atoms with van der Waals surface area (Å²) < 4.78 is 66.6. The highest BCUT2D eigenvalue weighted by Gasteiger charge is 2.39. The van der Waals surface area contributed by atoms with Gasteiger partial charge in [0.05, 0.1) is 137 Å². The number of hydrogen-bond acceptors (Lipinski definition) is 16. The highest BCUT2D eigenvalue weighted by atomic mass is 127. The molecule has 0 saturated carbocycles. The van der Waals surface area contributed by atoms with E-state index in [9.17, 15) is 28.0 Å². The molecule has 3 N–H and O–H groups in total. The molecular weight excluding hydrogens is 1420 g/mol. The molecule has 6 aromatic rings. The van der Waals surface area contributed by atoms with Crippen LogP contribution < -0.4 is 30.5 Å². The summed E-state index contributed by atoms with van der Waals surface area (Å²) in [6.45, 7) is 22.6. The Balaban J connectivity index is 0.000000135. The number of halogens is 6. The van der Waals surface area contributed by atoms with Crippen molar-refractivity contribution in [3.8, 4) is 5.75 Å². The van der Waals surface area contributed by atoms with Crippen LogP contribution in [0.3, 0.4) is 0 Å². The first-order chi connectivity index (χ1) is 45.4. The number of morpholine rings is 3. The number of aromatic nitrogens is 6. The monoisotopic (exact) mass is 1500 g/mol. The van der Waals surface area contributed by atoms with Gasteiger partial charge in [-0.15, -0.1) is 12.4 Å². The molecule has 0 aliphatic carbocycles. The van der Waals surface area contributed by atoms with Crippen molar-refractivity contribution in [1.29, 1.82) is 0 Å². The number of amides is 5. The van der Waals surface area contributed by atoms with E-state index in [1.165, 1.54) is 49.2 Å². The summed E-state index contributed by atoms with van der Waals surface area (Å²) in [5.74, 6) is -0.632. The van der Waals surface area contributed by atoms with Crippen molar-refractivity contribution in [1.82, 2.24) is 49.4 Å². The second kappa shape index (κ2) is 31.9. The Bertz CT molecular complexity index is 3630. The van der Waals surface area contributed by atoms with Crippen molar-refractivity contribution in [2.75, 3.05) is 79.3 Å². The van der Waals surface area contributed by atoms with Crippen LogP contribution in [-0.2, 0) is 63.0 Å². The van der Waals surface area contributed by atoms with Crippen LogP contribution in [0.1, 0.15) is 97.1 Å². The van der Waals surface area contributed by atoms with Crippen molar-refractivity contribution < 1.29 is 56.4 Å². The van der Waals surface area contributed by atoms with E-state index in [0.717, 1.165) is 104 Å². The minimum absolute atomic E-state index is 0. The summed E-state index contributed by atoms with van der Waals surface area (Å²) in [4.78, 5) is 58.5. The maximum absolute atomic E-state index is 13.3. The number of nitrogens with one attached hydrogen (secondary N) is 3. The van der Waals surface area contributed by atoms with E-state index >= 15 is 0 Å². The van der Waals surface area contributed by atoms with Gasteiger partial charge in [0.2, 0.25) is 0 Å². The predicted octanol–water partition coefficient (Wildman–Crippen LogP) is 12.0. The fraction of sp³-hybridized carbons (Fsp3) is 0.530. The van der Waals surface area contributed by atoms with Crippen molar-refractivity contribution in [3.63, 3.8) is 0 Å². The average molecular weight is 1500 g/mol. The zero-order valence-corrected chi connectivity index (χ0v) is 59.2. The Morgan fingerprint density at radius 3 is 1.42 bits per heavy atom. The van der Waals surface area contributed by atoms with Crippen LogP contribution in [0.15, 0.2) is 85.3 Å². The molecule has 0 radical (unpaired) electrons. The number of ether oxygens (including phenoxy) is 6. The lowest BCUT2D eigenvalue weighted by atomic mass is 10.2. The number of rotatable bonds is 5. The number of carbonyl (C=O) groups is 4. The summed E-state index contributed by atoms with van der Waals surface area (Å²) in [6.07, 6.45) is 13.9. The number of urea groups is 1. The molecule has 6 bridgehead atoms. The normalized spacial score (nSPS) is 21.9. The zero-order chi connectivity index (χ0) is 67.1. The number of fused-ring (bicyclic) bond motifs is 9. The number of benzene rings is 3. The molecule has 30 heteroatoms. The third-order valence-corrected chi connectivity index (χ3v) is 18.6. The van der Waals surface area contributed by atoms with E-state index in [1.807, 2.05) is 80.2 Å². The minimum Gasteiger partial charge on any atom is -0.444 e. The molecular formula is C66H84Cl3F2IN14O10. The first-order valence-electron chi connectivity index (χ1n) is 32.3. The highest BCUT2D eigenvalue weighted by molar-refractivity contribution is 14.1. The van der Waals surface area contributed by atoms with Crippen LogP contribution in [0.5, 0.6) is 5.75 Å². The maximum atomic E-state index is 13.3. The van der Waals surface area contributed by atoms with Gasteiger partial charge in [0, 0.05) is 70.3 Å².